The van der Waals surface area contributed by atoms with Crippen molar-refractivity contribution in [2.45, 2.75) is 129 Å². The van der Waals surface area contributed by atoms with E-state index >= 15 is 0 Å². The van der Waals surface area contributed by atoms with Crippen LogP contribution in [-0.4, -0.2) is 22.2 Å². The lowest BCUT2D eigenvalue weighted by molar-refractivity contribution is 0.0650. The Labute approximate surface area is 195 Å². The number of hydrogen-bond acceptors (Lipinski definition) is 2. The van der Waals surface area contributed by atoms with Crippen molar-refractivity contribution in [3.63, 3.8) is 0 Å². The molecular weight excluding hydrogens is 400 g/mol. The molecular formula is C28H46O4. The fraction of sp³-hybridized carbons (Fsp3) is 0.714. The summed E-state index contributed by atoms with van der Waals surface area (Å²) in [6.07, 6.45) is 19.5. The zero-order chi connectivity index (χ0) is 23.8. The summed E-state index contributed by atoms with van der Waals surface area (Å²) >= 11 is 0. The Hall–Kier alpha value is -1.84. The van der Waals surface area contributed by atoms with E-state index in [-0.39, 0.29) is 17.0 Å². The van der Waals surface area contributed by atoms with Crippen LogP contribution < -0.4 is 0 Å². The molecule has 0 amide bonds. The average molecular weight is 447 g/mol. The van der Waals surface area contributed by atoms with Crippen molar-refractivity contribution >= 4 is 11.9 Å². The lowest BCUT2D eigenvalue weighted by Gasteiger charge is -2.19. The maximum Gasteiger partial charge on any atom is 0.336 e. The Morgan fingerprint density at radius 1 is 0.719 bits per heavy atom. The summed E-state index contributed by atoms with van der Waals surface area (Å²) in [5.41, 5.74) is 1.62. The largest absolute Gasteiger partial charge is 0.478 e. The highest BCUT2D eigenvalue weighted by molar-refractivity contribution is 6.03. The summed E-state index contributed by atoms with van der Waals surface area (Å²) in [6.45, 7) is 6.41. The standard InChI is InChI=1S/C28H46O4/c1-4-6-7-8-9-10-11-12-13-14-15-16-17-18-19-24-23(22(3)5-2)20-21-25(27(29)30)26(24)28(31)32/h20-22H,4-19H2,1-3H3,(H,29,30)(H,31,32). The van der Waals surface area contributed by atoms with Gasteiger partial charge >= 0.3 is 11.9 Å². The minimum Gasteiger partial charge on any atom is -0.478 e. The molecule has 0 heterocycles. The normalized spacial score (nSPS) is 12.1. The molecule has 1 aromatic rings. The molecule has 0 aliphatic carbocycles. The van der Waals surface area contributed by atoms with Gasteiger partial charge in [-0.2, -0.15) is 0 Å². The van der Waals surface area contributed by atoms with Gasteiger partial charge in [-0.25, -0.2) is 9.59 Å². The second-order valence-electron chi connectivity index (χ2n) is 9.32. The Bertz CT molecular complexity index is 680. The number of carboxylic acids is 2. The van der Waals surface area contributed by atoms with Gasteiger partial charge in [0.1, 0.15) is 0 Å². The molecule has 0 saturated heterocycles. The van der Waals surface area contributed by atoms with E-state index in [1.165, 1.54) is 76.7 Å². The topological polar surface area (TPSA) is 74.6 Å². The van der Waals surface area contributed by atoms with Crippen LogP contribution in [0.5, 0.6) is 0 Å². The highest BCUT2D eigenvalue weighted by atomic mass is 16.4. The fourth-order valence-corrected chi connectivity index (χ4v) is 4.53. The van der Waals surface area contributed by atoms with Crippen molar-refractivity contribution in [2.24, 2.45) is 0 Å². The SMILES string of the molecule is CCCCCCCCCCCCCCCCc1c(C(C)CC)ccc(C(=O)O)c1C(=O)O. The predicted octanol–water partition coefficient (Wildman–Crippen LogP) is 8.62. The molecule has 0 fully saturated rings. The first-order valence-corrected chi connectivity index (χ1v) is 13.1. The number of unbranched alkanes of at least 4 members (excludes halogenated alkanes) is 13. The van der Waals surface area contributed by atoms with Crippen molar-refractivity contribution in [3.05, 3.63) is 34.4 Å². The van der Waals surface area contributed by atoms with Gasteiger partial charge in [0.05, 0.1) is 11.1 Å². The second-order valence-corrected chi connectivity index (χ2v) is 9.32. The van der Waals surface area contributed by atoms with E-state index in [1.54, 1.807) is 0 Å². The number of benzene rings is 1. The molecule has 2 N–H and O–H groups in total. The molecule has 1 aromatic carbocycles. The van der Waals surface area contributed by atoms with Gasteiger partial charge in [0.25, 0.3) is 0 Å². The second kappa shape index (κ2) is 16.7. The Kier molecular flexibility index (Phi) is 14.8. The summed E-state index contributed by atoms with van der Waals surface area (Å²) < 4.78 is 0. The first kappa shape index (κ1) is 28.2. The molecule has 182 valence electrons. The molecule has 0 aliphatic heterocycles. The van der Waals surface area contributed by atoms with Gasteiger partial charge in [-0.1, -0.05) is 110 Å². The average Bonchev–Trinajstić information content (AvgIpc) is 2.77. The van der Waals surface area contributed by atoms with E-state index in [1.807, 2.05) is 6.07 Å². The third-order valence-corrected chi connectivity index (χ3v) is 6.72. The minimum absolute atomic E-state index is 0.00926. The molecule has 0 radical (unpaired) electrons. The Morgan fingerprint density at radius 3 is 1.59 bits per heavy atom. The third-order valence-electron chi connectivity index (χ3n) is 6.72. The van der Waals surface area contributed by atoms with Crippen molar-refractivity contribution in [1.82, 2.24) is 0 Å². The van der Waals surface area contributed by atoms with Crippen LogP contribution in [0.4, 0.5) is 0 Å². The Balaban J connectivity index is 2.40. The maximum absolute atomic E-state index is 11.9. The van der Waals surface area contributed by atoms with E-state index in [9.17, 15) is 19.8 Å². The monoisotopic (exact) mass is 446 g/mol. The molecule has 0 aliphatic rings. The number of carboxylic acid groups (broad SMARTS) is 2. The van der Waals surface area contributed by atoms with Crippen LogP contribution in [0.25, 0.3) is 0 Å². The van der Waals surface area contributed by atoms with E-state index < -0.39 is 11.9 Å². The highest BCUT2D eigenvalue weighted by Gasteiger charge is 2.24. The molecule has 1 unspecified atom stereocenters. The number of hydrogen-bond donors (Lipinski definition) is 2. The van der Waals surface area contributed by atoms with Crippen molar-refractivity contribution in [2.75, 3.05) is 0 Å². The van der Waals surface area contributed by atoms with Crippen LogP contribution in [0.3, 0.4) is 0 Å². The molecule has 0 bridgehead atoms. The van der Waals surface area contributed by atoms with Gasteiger partial charge in [-0.3, -0.25) is 0 Å². The summed E-state index contributed by atoms with van der Waals surface area (Å²) in [7, 11) is 0. The lowest BCUT2D eigenvalue weighted by atomic mass is 9.85. The van der Waals surface area contributed by atoms with Gasteiger partial charge in [0.15, 0.2) is 0 Å². The molecule has 4 heteroatoms. The van der Waals surface area contributed by atoms with Crippen molar-refractivity contribution in [3.8, 4) is 0 Å². The van der Waals surface area contributed by atoms with Crippen LogP contribution in [0, 0.1) is 0 Å². The predicted molar refractivity (Wildman–Crippen MR) is 133 cm³/mol. The first-order valence-electron chi connectivity index (χ1n) is 13.1. The van der Waals surface area contributed by atoms with Crippen LogP contribution in [0.15, 0.2) is 12.1 Å². The van der Waals surface area contributed by atoms with E-state index in [4.69, 9.17) is 0 Å². The summed E-state index contributed by atoms with van der Waals surface area (Å²) in [5, 5.41) is 19.2. The first-order chi connectivity index (χ1) is 15.4. The zero-order valence-electron chi connectivity index (χ0n) is 20.8. The highest BCUT2D eigenvalue weighted by Crippen LogP contribution is 2.30. The quantitative estimate of drug-likeness (QED) is 0.209. The van der Waals surface area contributed by atoms with E-state index in [0.29, 0.717) is 6.42 Å². The minimum atomic E-state index is -1.17. The zero-order valence-corrected chi connectivity index (χ0v) is 20.8. The van der Waals surface area contributed by atoms with E-state index in [2.05, 4.69) is 20.8 Å². The smallest absolute Gasteiger partial charge is 0.336 e. The number of carbonyl (C=O) groups is 2. The fourth-order valence-electron chi connectivity index (χ4n) is 4.53. The van der Waals surface area contributed by atoms with Gasteiger partial charge in [-0.05, 0) is 42.4 Å². The molecule has 4 nitrogen and oxygen atoms in total. The van der Waals surface area contributed by atoms with Gasteiger partial charge < -0.3 is 10.2 Å². The van der Waals surface area contributed by atoms with E-state index in [0.717, 1.165) is 36.8 Å². The number of rotatable bonds is 19. The molecule has 1 atom stereocenters. The summed E-state index contributed by atoms with van der Waals surface area (Å²) in [4.78, 5) is 23.5. The third kappa shape index (κ3) is 10.2. The molecule has 0 aromatic heterocycles. The lowest BCUT2D eigenvalue weighted by Crippen LogP contribution is -2.15. The Morgan fingerprint density at radius 2 is 1.19 bits per heavy atom. The molecule has 1 rings (SSSR count). The summed E-state index contributed by atoms with van der Waals surface area (Å²) in [6, 6.07) is 3.28. The van der Waals surface area contributed by atoms with Gasteiger partial charge in [-0.15, -0.1) is 0 Å². The van der Waals surface area contributed by atoms with Crippen LogP contribution in [0.1, 0.15) is 155 Å². The molecule has 0 saturated carbocycles. The van der Waals surface area contributed by atoms with Gasteiger partial charge in [0.2, 0.25) is 0 Å². The maximum atomic E-state index is 11.9. The van der Waals surface area contributed by atoms with Crippen molar-refractivity contribution in [1.29, 1.82) is 0 Å². The molecule has 0 spiro atoms. The van der Waals surface area contributed by atoms with Crippen LogP contribution in [-0.2, 0) is 6.42 Å². The van der Waals surface area contributed by atoms with Crippen molar-refractivity contribution < 1.29 is 19.8 Å². The van der Waals surface area contributed by atoms with Gasteiger partial charge in [0, 0.05) is 0 Å². The van der Waals surface area contributed by atoms with Crippen LogP contribution in [0.2, 0.25) is 0 Å². The summed E-state index contributed by atoms with van der Waals surface area (Å²) in [5.74, 6) is -2.08. The number of aromatic carboxylic acids is 2. The van der Waals surface area contributed by atoms with Crippen LogP contribution >= 0.6 is 0 Å². The molecule has 32 heavy (non-hydrogen) atoms.